The molecule has 1 amide bonds. The van der Waals surface area contributed by atoms with Crippen LogP contribution < -0.4 is 19.1 Å². The van der Waals surface area contributed by atoms with Crippen molar-refractivity contribution in [3.8, 4) is 11.5 Å². The van der Waals surface area contributed by atoms with Gasteiger partial charge in [-0.25, -0.2) is 13.2 Å². The van der Waals surface area contributed by atoms with Gasteiger partial charge < -0.3 is 19.5 Å². The fourth-order valence-corrected chi connectivity index (χ4v) is 4.72. The molecule has 0 saturated carbocycles. The number of nitrogens with zero attached hydrogens (tertiary/aromatic N) is 1. The lowest BCUT2D eigenvalue weighted by Gasteiger charge is -2.26. The Labute approximate surface area is 204 Å². The van der Waals surface area contributed by atoms with Crippen LogP contribution in [0.2, 0.25) is 0 Å². The lowest BCUT2D eigenvalue weighted by molar-refractivity contribution is -0.114. The Bertz CT molecular complexity index is 1290. The van der Waals surface area contributed by atoms with Crippen LogP contribution in [0.5, 0.6) is 11.5 Å². The molecule has 35 heavy (non-hydrogen) atoms. The first-order valence-corrected chi connectivity index (χ1v) is 12.1. The number of benzene rings is 3. The van der Waals surface area contributed by atoms with Crippen LogP contribution in [-0.4, -0.2) is 47.7 Å². The average Bonchev–Trinajstić information content (AvgIpc) is 2.87. The second kappa shape index (κ2) is 11.4. The minimum absolute atomic E-state index is 0.00183. The van der Waals surface area contributed by atoms with Crippen molar-refractivity contribution in [1.82, 2.24) is 0 Å². The molecule has 10 heteroatoms. The Morgan fingerprint density at radius 3 is 2.31 bits per heavy atom. The normalized spacial score (nSPS) is 10.8. The predicted octanol–water partition coefficient (Wildman–Crippen LogP) is 3.71. The van der Waals surface area contributed by atoms with Gasteiger partial charge >= 0.3 is 5.97 Å². The first-order valence-electron chi connectivity index (χ1n) is 10.7. The second-order valence-electron chi connectivity index (χ2n) is 7.21. The average molecular weight is 499 g/mol. The molecule has 3 rings (SSSR count). The summed E-state index contributed by atoms with van der Waals surface area (Å²) < 4.78 is 43.8. The smallest absolute Gasteiger partial charge is 0.338 e. The van der Waals surface area contributed by atoms with Gasteiger partial charge in [0.1, 0.15) is 18.0 Å². The molecule has 0 spiro atoms. The molecule has 3 aromatic carbocycles. The van der Waals surface area contributed by atoms with Crippen molar-refractivity contribution in [3.63, 3.8) is 0 Å². The highest BCUT2D eigenvalue weighted by Crippen LogP contribution is 2.35. The molecule has 0 atom stereocenters. The van der Waals surface area contributed by atoms with Gasteiger partial charge in [-0.15, -0.1) is 0 Å². The van der Waals surface area contributed by atoms with Crippen LogP contribution in [0, 0.1) is 0 Å². The maximum Gasteiger partial charge on any atom is 0.338 e. The molecule has 184 valence electrons. The van der Waals surface area contributed by atoms with E-state index < -0.39 is 28.4 Å². The van der Waals surface area contributed by atoms with Crippen molar-refractivity contribution >= 4 is 33.3 Å². The van der Waals surface area contributed by atoms with E-state index in [9.17, 15) is 18.0 Å². The zero-order valence-electron chi connectivity index (χ0n) is 19.6. The van der Waals surface area contributed by atoms with E-state index in [2.05, 4.69) is 5.32 Å². The van der Waals surface area contributed by atoms with E-state index in [1.807, 2.05) is 0 Å². The van der Waals surface area contributed by atoms with E-state index in [0.29, 0.717) is 11.4 Å². The van der Waals surface area contributed by atoms with E-state index in [1.54, 1.807) is 55.5 Å². The van der Waals surface area contributed by atoms with Crippen LogP contribution in [0.15, 0.2) is 77.7 Å². The van der Waals surface area contributed by atoms with E-state index in [0.717, 1.165) is 4.31 Å². The fraction of sp³-hybridized carbons (Fsp3) is 0.200. The van der Waals surface area contributed by atoms with Gasteiger partial charge in [0.15, 0.2) is 0 Å². The Morgan fingerprint density at radius 1 is 0.914 bits per heavy atom. The van der Waals surface area contributed by atoms with Crippen LogP contribution in [0.4, 0.5) is 11.4 Å². The quantitative estimate of drug-likeness (QED) is 0.424. The highest BCUT2D eigenvalue weighted by atomic mass is 32.2. The van der Waals surface area contributed by atoms with Crippen LogP contribution in [0.25, 0.3) is 0 Å². The summed E-state index contributed by atoms with van der Waals surface area (Å²) in [6, 6.07) is 18.6. The van der Waals surface area contributed by atoms with Crippen LogP contribution >= 0.6 is 0 Å². The number of sulfonamides is 1. The Balaban J connectivity index is 1.98. The first-order chi connectivity index (χ1) is 16.8. The standard InChI is InChI=1S/C25H26N2O7S/c1-4-34-25(29)18-9-8-10-19(15-18)26-24(28)17-27(35(30,31)21-11-6-5-7-12-21)22-16-20(32-2)13-14-23(22)33-3/h5-16H,4,17H2,1-3H3,(H,26,28). The summed E-state index contributed by atoms with van der Waals surface area (Å²) >= 11 is 0. The molecule has 1 N–H and O–H groups in total. The number of carbonyl (C=O) groups excluding carboxylic acids is 2. The SMILES string of the molecule is CCOC(=O)c1cccc(NC(=O)CN(c2cc(OC)ccc2OC)S(=O)(=O)c2ccccc2)c1. The topological polar surface area (TPSA) is 111 Å². The van der Waals surface area contributed by atoms with Crippen LogP contribution in [0.3, 0.4) is 0 Å². The van der Waals surface area contributed by atoms with E-state index in [1.165, 1.54) is 38.5 Å². The fourth-order valence-electron chi connectivity index (χ4n) is 3.28. The Hall–Kier alpha value is -4.05. The summed E-state index contributed by atoms with van der Waals surface area (Å²) in [6.07, 6.45) is 0. The van der Waals surface area contributed by atoms with Crippen molar-refractivity contribution in [2.75, 3.05) is 37.0 Å². The zero-order chi connectivity index (χ0) is 25.4. The Kier molecular flexibility index (Phi) is 8.32. The largest absolute Gasteiger partial charge is 0.497 e. The van der Waals surface area contributed by atoms with Gasteiger partial charge in [0, 0.05) is 11.8 Å². The lowest BCUT2D eigenvalue weighted by atomic mass is 10.2. The molecule has 9 nitrogen and oxygen atoms in total. The van der Waals surface area contributed by atoms with E-state index in [-0.39, 0.29) is 28.5 Å². The third-order valence-electron chi connectivity index (χ3n) is 4.93. The van der Waals surface area contributed by atoms with E-state index in [4.69, 9.17) is 14.2 Å². The first kappa shape index (κ1) is 25.6. The number of methoxy groups -OCH3 is 2. The highest BCUT2D eigenvalue weighted by molar-refractivity contribution is 7.92. The molecule has 0 aliphatic rings. The van der Waals surface area contributed by atoms with Crippen LogP contribution in [0.1, 0.15) is 17.3 Å². The Morgan fingerprint density at radius 2 is 1.66 bits per heavy atom. The molecule has 0 radical (unpaired) electrons. The van der Waals surface area contributed by atoms with Crippen molar-refractivity contribution < 1.29 is 32.2 Å². The van der Waals surface area contributed by atoms with Gasteiger partial charge in [0.25, 0.3) is 10.0 Å². The summed E-state index contributed by atoms with van der Waals surface area (Å²) in [5.74, 6) is -0.535. The number of esters is 1. The minimum atomic E-state index is -4.17. The molecular weight excluding hydrogens is 472 g/mol. The molecule has 0 fully saturated rings. The van der Waals surface area contributed by atoms with Crippen molar-refractivity contribution in [3.05, 3.63) is 78.4 Å². The number of nitrogens with one attached hydrogen (secondary N) is 1. The summed E-state index contributed by atoms with van der Waals surface area (Å²) in [6.45, 7) is 1.34. The number of ether oxygens (including phenoxy) is 3. The molecule has 3 aromatic rings. The zero-order valence-corrected chi connectivity index (χ0v) is 20.4. The van der Waals surface area contributed by atoms with Gasteiger partial charge in [0.2, 0.25) is 5.91 Å². The van der Waals surface area contributed by atoms with Crippen molar-refractivity contribution in [1.29, 1.82) is 0 Å². The van der Waals surface area contributed by atoms with Gasteiger partial charge in [-0.2, -0.15) is 0 Å². The lowest BCUT2D eigenvalue weighted by Crippen LogP contribution is -2.38. The maximum absolute atomic E-state index is 13.6. The molecule has 0 aliphatic heterocycles. The second-order valence-corrected chi connectivity index (χ2v) is 9.07. The van der Waals surface area contributed by atoms with Crippen molar-refractivity contribution in [2.24, 2.45) is 0 Å². The molecule has 0 aliphatic carbocycles. The number of carbonyl (C=O) groups is 2. The van der Waals surface area contributed by atoms with Gasteiger partial charge in [-0.05, 0) is 49.4 Å². The van der Waals surface area contributed by atoms with E-state index >= 15 is 0 Å². The number of anilines is 2. The van der Waals surface area contributed by atoms with Gasteiger partial charge in [-0.3, -0.25) is 9.10 Å². The number of rotatable bonds is 10. The number of hydrogen-bond acceptors (Lipinski definition) is 7. The molecule has 0 unspecified atom stereocenters. The number of hydrogen-bond donors (Lipinski definition) is 1. The predicted molar refractivity (Wildman–Crippen MR) is 132 cm³/mol. The summed E-state index contributed by atoms with van der Waals surface area (Å²) in [5, 5.41) is 2.64. The monoisotopic (exact) mass is 498 g/mol. The van der Waals surface area contributed by atoms with Crippen molar-refractivity contribution in [2.45, 2.75) is 11.8 Å². The molecule has 0 bridgehead atoms. The molecule has 0 saturated heterocycles. The van der Waals surface area contributed by atoms with Gasteiger partial charge in [-0.1, -0.05) is 24.3 Å². The summed E-state index contributed by atoms with van der Waals surface area (Å²) in [7, 11) is -1.31. The maximum atomic E-state index is 13.6. The highest BCUT2D eigenvalue weighted by Gasteiger charge is 2.30. The van der Waals surface area contributed by atoms with Crippen LogP contribution in [-0.2, 0) is 19.6 Å². The summed E-state index contributed by atoms with van der Waals surface area (Å²) in [5.41, 5.74) is 0.703. The third kappa shape index (κ3) is 6.10. The molecule has 0 heterocycles. The minimum Gasteiger partial charge on any atom is -0.497 e. The summed E-state index contributed by atoms with van der Waals surface area (Å²) in [4.78, 5) is 25.0. The molecule has 0 aromatic heterocycles. The number of amides is 1. The molecular formula is C25H26N2O7S. The van der Waals surface area contributed by atoms with Gasteiger partial charge in [0.05, 0.1) is 37.0 Å². The third-order valence-corrected chi connectivity index (χ3v) is 6.70.